The zero-order chi connectivity index (χ0) is 22.9. The Bertz CT molecular complexity index is 1040. The summed E-state index contributed by atoms with van der Waals surface area (Å²) >= 11 is 0. The second-order valence-corrected chi connectivity index (χ2v) is 8.34. The smallest absolute Gasteiger partial charge is 0.256 e. The normalized spacial score (nSPS) is 18.3. The summed E-state index contributed by atoms with van der Waals surface area (Å²) in [5.74, 6) is 0.197. The first-order valence-electron chi connectivity index (χ1n) is 10.7. The van der Waals surface area contributed by atoms with Gasteiger partial charge in [-0.15, -0.1) is 0 Å². The number of piperidine rings is 1. The van der Waals surface area contributed by atoms with Crippen LogP contribution in [0.2, 0.25) is 0 Å². The number of carbonyl (C=O) groups is 1. The lowest BCUT2D eigenvalue weighted by Gasteiger charge is -2.39. The van der Waals surface area contributed by atoms with Crippen molar-refractivity contribution in [3.8, 4) is 11.1 Å². The molecule has 0 unspecified atom stereocenters. The first-order valence-corrected chi connectivity index (χ1v) is 10.7. The van der Waals surface area contributed by atoms with Crippen LogP contribution < -0.4 is 5.32 Å². The van der Waals surface area contributed by atoms with Crippen LogP contribution >= 0.6 is 0 Å². The summed E-state index contributed by atoms with van der Waals surface area (Å²) in [5, 5.41) is 5.10. The van der Waals surface area contributed by atoms with Gasteiger partial charge in [0.1, 0.15) is 17.1 Å². The number of halogens is 1. The highest BCUT2D eigenvalue weighted by atomic mass is 19.1. The van der Waals surface area contributed by atoms with Crippen LogP contribution in [0.5, 0.6) is 0 Å². The van der Waals surface area contributed by atoms with Crippen molar-refractivity contribution in [2.45, 2.75) is 32.2 Å². The Hall–Kier alpha value is -2.74. The van der Waals surface area contributed by atoms with Crippen molar-refractivity contribution in [3.63, 3.8) is 0 Å². The van der Waals surface area contributed by atoms with Crippen LogP contribution in [0.1, 0.15) is 29.5 Å². The van der Waals surface area contributed by atoms with Crippen LogP contribution in [0.15, 0.2) is 42.2 Å². The van der Waals surface area contributed by atoms with Crippen LogP contribution in [-0.2, 0) is 19.1 Å². The Labute approximate surface area is 187 Å². The van der Waals surface area contributed by atoms with Gasteiger partial charge in [-0.25, -0.2) is 4.39 Å². The second kappa shape index (κ2) is 9.02. The van der Waals surface area contributed by atoms with Crippen molar-refractivity contribution in [3.05, 3.63) is 64.7 Å². The molecule has 1 amide bonds. The number of hydrogen-bond acceptors (Lipinski definition) is 5. The molecule has 1 saturated heterocycles. The van der Waals surface area contributed by atoms with E-state index in [1.807, 2.05) is 31.0 Å². The van der Waals surface area contributed by atoms with E-state index in [0.29, 0.717) is 37.3 Å². The summed E-state index contributed by atoms with van der Waals surface area (Å²) < 4.78 is 24.8. The lowest BCUT2D eigenvalue weighted by atomic mass is 9.84. The number of nitrogens with one attached hydrogen (secondary N) is 1. The minimum atomic E-state index is -0.593. The minimum absolute atomic E-state index is 0.0548. The first kappa shape index (κ1) is 22.5. The largest absolute Gasteiger partial charge is 0.469 e. The predicted octanol–water partition coefficient (Wildman–Crippen LogP) is 3.97. The summed E-state index contributed by atoms with van der Waals surface area (Å²) in [6.07, 6.45) is 1.34. The Morgan fingerprint density at radius 3 is 2.38 bits per heavy atom. The number of aryl methyl sites for hydroxylation is 1. The van der Waals surface area contributed by atoms with Gasteiger partial charge in [-0.1, -0.05) is 24.3 Å². The van der Waals surface area contributed by atoms with E-state index in [1.165, 1.54) is 12.1 Å². The number of amides is 1. The minimum Gasteiger partial charge on any atom is -0.469 e. The van der Waals surface area contributed by atoms with E-state index in [9.17, 15) is 9.18 Å². The third-order valence-corrected chi connectivity index (χ3v) is 6.48. The third kappa shape index (κ3) is 3.92. The molecule has 1 fully saturated rings. The van der Waals surface area contributed by atoms with Gasteiger partial charge >= 0.3 is 0 Å². The van der Waals surface area contributed by atoms with Crippen LogP contribution in [0.4, 0.5) is 4.39 Å². The summed E-state index contributed by atoms with van der Waals surface area (Å²) in [4.78, 5) is 18.8. The average molecular weight is 441 g/mol. The molecule has 2 aromatic rings. The number of methoxy groups -OCH3 is 1. The van der Waals surface area contributed by atoms with E-state index >= 15 is 0 Å². The molecule has 0 saturated carbocycles. The molecular formula is C25H29FN2O4. The van der Waals surface area contributed by atoms with Crippen LogP contribution in [0.25, 0.3) is 16.7 Å². The van der Waals surface area contributed by atoms with Gasteiger partial charge in [-0.2, -0.15) is 5.06 Å². The first-order chi connectivity index (χ1) is 15.4. The lowest BCUT2D eigenvalue weighted by Crippen LogP contribution is -2.53. The number of benzene rings is 2. The molecule has 4 rings (SSSR count). The fraction of sp³-hybridized carbons (Fsp3) is 0.400. The van der Waals surface area contributed by atoms with Gasteiger partial charge < -0.3 is 19.6 Å². The topological polar surface area (TPSA) is 60.0 Å². The zero-order valence-electron chi connectivity index (χ0n) is 19.0. The van der Waals surface area contributed by atoms with Crippen molar-refractivity contribution in [1.82, 2.24) is 10.4 Å². The van der Waals surface area contributed by atoms with E-state index in [1.54, 1.807) is 26.4 Å². The standard InChI is InChI=1S/C25H29FN2O4/c1-16-5-10-20(18-6-8-19(26)9-7-18)17(2)21(16)22-23(32-15-30-3)25(27-24(22)29)11-13-28(31-4)14-12-25/h5-10H,11-15H2,1-4H3,(H,27,29). The molecule has 6 nitrogen and oxygen atoms in total. The molecule has 0 atom stereocenters. The van der Waals surface area contributed by atoms with Gasteiger partial charge in [0.15, 0.2) is 6.79 Å². The summed E-state index contributed by atoms with van der Waals surface area (Å²) in [6, 6.07) is 10.4. The van der Waals surface area contributed by atoms with Crippen molar-refractivity contribution >= 4 is 11.5 Å². The SMILES string of the molecule is COCOC1=C(c2c(C)ccc(-c3ccc(F)cc3)c2C)C(=O)NC12CCN(OC)CC2. The van der Waals surface area contributed by atoms with Gasteiger partial charge in [-0.3, -0.25) is 4.79 Å². The number of carbonyl (C=O) groups excluding carboxylic acids is 1. The summed E-state index contributed by atoms with van der Waals surface area (Å²) in [6.45, 7) is 5.39. The summed E-state index contributed by atoms with van der Waals surface area (Å²) in [5.41, 5.74) is 4.58. The highest BCUT2D eigenvalue weighted by Crippen LogP contribution is 2.43. The van der Waals surface area contributed by atoms with E-state index in [4.69, 9.17) is 14.3 Å². The highest BCUT2D eigenvalue weighted by Gasteiger charge is 2.49. The van der Waals surface area contributed by atoms with Crippen molar-refractivity contribution in [2.24, 2.45) is 0 Å². The molecule has 32 heavy (non-hydrogen) atoms. The van der Waals surface area contributed by atoms with Gasteiger partial charge in [0.05, 0.1) is 12.7 Å². The van der Waals surface area contributed by atoms with E-state index in [-0.39, 0.29) is 18.5 Å². The average Bonchev–Trinajstić information content (AvgIpc) is 3.04. The Morgan fingerprint density at radius 1 is 1.06 bits per heavy atom. The molecule has 170 valence electrons. The van der Waals surface area contributed by atoms with Crippen LogP contribution in [0, 0.1) is 19.7 Å². The molecule has 2 aromatic carbocycles. The Kier molecular flexibility index (Phi) is 6.33. The maximum atomic E-state index is 13.5. The molecule has 0 radical (unpaired) electrons. The molecular weight excluding hydrogens is 411 g/mol. The van der Waals surface area contributed by atoms with Crippen molar-refractivity contribution in [2.75, 3.05) is 34.1 Å². The molecule has 7 heteroatoms. The predicted molar refractivity (Wildman–Crippen MR) is 120 cm³/mol. The van der Waals surface area contributed by atoms with Gasteiger partial charge in [-0.05, 0) is 66.6 Å². The van der Waals surface area contributed by atoms with Crippen LogP contribution in [0.3, 0.4) is 0 Å². The van der Waals surface area contributed by atoms with Gasteiger partial charge in [0.2, 0.25) is 0 Å². The number of nitrogens with zero attached hydrogens (tertiary/aromatic N) is 1. The molecule has 0 bridgehead atoms. The van der Waals surface area contributed by atoms with E-state index < -0.39 is 5.54 Å². The van der Waals surface area contributed by atoms with Gasteiger partial charge in [0.25, 0.3) is 5.91 Å². The van der Waals surface area contributed by atoms with Crippen molar-refractivity contribution < 1.29 is 23.5 Å². The zero-order valence-corrected chi connectivity index (χ0v) is 19.0. The van der Waals surface area contributed by atoms with Crippen molar-refractivity contribution in [1.29, 1.82) is 0 Å². The molecule has 2 aliphatic rings. The number of hydrogen-bond donors (Lipinski definition) is 1. The fourth-order valence-electron chi connectivity index (χ4n) is 4.81. The Balaban J connectivity index is 1.85. The Morgan fingerprint density at radius 2 is 1.75 bits per heavy atom. The fourth-order valence-corrected chi connectivity index (χ4v) is 4.81. The number of hydroxylamine groups is 2. The molecule has 2 aliphatic heterocycles. The van der Waals surface area contributed by atoms with Crippen LogP contribution in [-0.4, -0.2) is 50.6 Å². The molecule has 0 aliphatic carbocycles. The second-order valence-electron chi connectivity index (χ2n) is 8.34. The monoisotopic (exact) mass is 440 g/mol. The molecule has 1 N–H and O–H groups in total. The lowest BCUT2D eigenvalue weighted by molar-refractivity contribution is -0.154. The maximum absolute atomic E-state index is 13.5. The number of rotatable bonds is 6. The molecule has 0 aromatic heterocycles. The highest BCUT2D eigenvalue weighted by molar-refractivity contribution is 6.24. The van der Waals surface area contributed by atoms with E-state index in [0.717, 1.165) is 27.8 Å². The van der Waals surface area contributed by atoms with Gasteiger partial charge in [0, 0.05) is 20.2 Å². The maximum Gasteiger partial charge on any atom is 0.256 e. The third-order valence-electron chi connectivity index (χ3n) is 6.48. The van der Waals surface area contributed by atoms with E-state index in [2.05, 4.69) is 5.32 Å². The number of ether oxygens (including phenoxy) is 2. The quantitative estimate of drug-likeness (QED) is 0.689. The summed E-state index contributed by atoms with van der Waals surface area (Å²) in [7, 11) is 3.22. The molecule has 2 heterocycles. The molecule has 1 spiro atoms.